The van der Waals surface area contributed by atoms with E-state index >= 15 is 0 Å². The molecule has 0 fully saturated rings. The first-order chi connectivity index (χ1) is 7.07. The summed E-state index contributed by atoms with van der Waals surface area (Å²) in [6.07, 6.45) is 1.85. The normalized spacial score (nSPS) is 11.7. The Labute approximate surface area is 99.1 Å². The van der Waals surface area contributed by atoms with Gasteiger partial charge in [-0.1, -0.05) is 0 Å². The standard InChI is InChI=1S/C9H6NS.3CH3.Sn/c1-2-5-10-9(3-1)8-4-6-11-7-8;;;;/h1-5,7H;3*1H3;. The van der Waals surface area contributed by atoms with Crippen molar-refractivity contribution in [2.24, 2.45) is 0 Å². The number of thiophene rings is 1. The zero-order chi connectivity index (χ0) is 10.9. The Morgan fingerprint density at radius 3 is 2.53 bits per heavy atom. The van der Waals surface area contributed by atoms with Gasteiger partial charge in [0.15, 0.2) is 0 Å². The average molecular weight is 324 g/mol. The van der Waals surface area contributed by atoms with Gasteiger partial charge < -0.3 is 0 Å². The van der Waals surface area contributed by atoms with Crippen molar-refractivity contribution < 1.29 is 0 Å². The summed E-state index contributed by atoms with van der Waals surface area (Å²) in [5.74, 6) is 0. The molecule has 0 amide bonds. The molecular formula is C12H15NSSn. The Bertz CT molecular complexity index is 442. The third-order valence-electron chi connectivity index (χ3n) is 2.30. The summed E-state index contributed by atoms with van der Waals surface area (Å²) in [4.78, 5) is 11.7. The number of aromatic nitrogens is 1. The Morgan fingerprint density at radius 1 is 1.20 bits per heavy atom. The summed E-state index contributed by atoms with van der Waals surface area (Å²) in [5.41, 5.74) is 2.37. The van der Waals surface area contributed by atoms with Crippen molar-refractivity contribution in [3.63, 3.8) is 0 Å². The van der Waals surface area contributed by atoms with Crippen LogP contribution < -0.4 is 2.89 Å². The predicted octanol–water partition coefficient (Wildman–Crippen LogP) is 3.36. The van der Waals surface area contributed by atoms with Gasteiger partial charge in [0.1, 0.15) is 0 Å². The van der Waals surface area contributed by atoms with Gasteiger partial charge in [-0.2, -0.15) is 0 Å². The van der Waals surface area contributed by atoms with Gasteiger partial charge in [-0.3, -0.25) is 0 Å². The van der Waals surface area contributed by atoms with Crippen molar-refractivity contribution in [3.8, 4) is 11.3 Å². The van der Waals surface area contributed by atoms with Crippen molar-refractivity contribution in [1.82, 2.24) is 4.98 Å². The topological polar surface area (TPSA) is 12.9 Å². The monoisotopic (exact) mass is 325 g/mol. The minimum atomic E-state index is -1.87. The van der Waals surface area contributed by atoms with Crippen LogP contribution in [0.2, 0.25) is 14.8 Å². The summed E-state index contributed by atoms with van der Waals surface area (Å²) < 4.78 is 1.62. The van der Waals surface area contributed by atoms with Crippen molar-refractivity contribution >= 4 is 32.6 Å². The average Bonchev–Trinajstić information content (AvgIpc) is 2.67. The summed E-state index contributed by atoms with van der Waals surface area (Å²) in [6.45, 7) is 0. The van der Waals surface area contributed by atoms with E-state index in [0.29, 0.717) is 0 Å². The van der Waals surface area contributed by atoms with Crippen LogP contribution in [0.15, 0.2) is 35.8 Å². The Kier molecular flexibility index (Phi) is 3.16. The van der Waals surface area contributed by atoms with Crippen LogP contribution in [0.1, 0.15) is 0 Å². The van der Waals surface area contributed by atoms with Gasteiger partial charge in [0.25, 0.3) is 0 Å². The summed E-state index contributed by atoms with van der Waals surface area (Å²) in [5, 5.41) is 2.24. The Balaban J connectivity index is 2.37. The van der Waals surface area contributed by atoms with Gasteiger partial charge in [0, 0.05) is 0 Å². The summed E-state index contributed by atoms with van der Waals surface area (Å²) in [6, 6.07) is 8.41. The van der Waals surface area contributed by atoms with E-state index in [1.165, 1.54) is 5.56 Å². The van der Waals surface area contributed by atoms with Gasteiger partial charge in [0.05, 0.1) is 0 Å². The minimum absolute atomic E-state index is 1.09. The van der Waals surface area contributed by atoms with Gasteiger partial charge >= 0.3 is 99.5 Å². The molecule has 0 atom stereocenters. The van der Waals surface area contributed by atoms with Crippen molar-refractivity contribution in [3.05, 3.63) is 35.8 Å². The molecule has 0 aliphatic carbocycles. The molecule has 0 N–H and O–H groups in total. The van der Waals surface area contributed by atoms with Crippen LogP contribution in [0, 0.1) is 0 Å². The fraction of sp³-hybridized carbons (Fsp3) is 0.250. The maximum atomic E-state index is 4.37. The first kappa shape index (κ1) is 11.1. The van der Waals surface area contributed by atoms with Crippen LogP contribution in [-0.4, -0.2) is 23.4 Å². The van der Waals surface area contributed by atoms with E-state index < -0.39 is 18.4 Å². The number of hydrogen-bond acceptors (Lipinski definition) is 2. The predicted molar refractivity (Wildman–Crippen MR) is 70.5 cm³/mol. The molecule has 78 valence electrons. The van der Waals surface area contributed by atoms with Gasteiger partial charge in [-0.05, 0) is 0 Å². The molecule has 15 heavy (non-hydrogen) atoms. The molecule has 1 nitrogen and oxygen atoms in total. The zero-order valence-electron chi connectivity index (χ0n) is 9.32. The van der Waals surface area contributed by atoms with Gasteiger partial charge in [-0.15, -0.1) is 0 Å². The second kappa shape index (κ2) is 4.26. The molecule has 0 unspecified atom stereocenters. The van der Waals surface area contributed by atoms with Crippen LogP contribution >= 0.6 is 11.3 Å². The van der Waals surface area contributed by atoms with Crippen LogP contribution in [0.25, 0.3) is 11.3 Å². The molecule has 0 spiro atoms. The molecule has 0 saturated carbocycles. The van der Waals surface area contributed by atoms with Crippen LogP contribution in [0.5, 0.6) is 0 Å². The molecule has 0 aromatic carbocycles. The van der Waals surface area contributed by atoms with Crippen LogP contribution in [0.3, 0.4) is 0 Å². The van der Waals surface area contributed by atoms with E-state index in [4.69, 9.17) is 0 Å². The molecule has 0 bridgehead atoms. The van der Waals surface area contributed by atoms with E-state index in [-0.39, 0.29) is 0 Å². The number of rotatable bonds is 2. The zero-order valence-corrected chi connectivity index (χ0v) is 13.0. The SMILES string of the molecule is [CH3][Sn]([CH3])([CH3])[c]1cc(-c2ccccn2)cs1. The second-order valence-corrected chi connectivity index (χ2v) is 21.0. The Morgan fingerprint density at radius 2 is 2.00 bits per heavy atom. The summed E-state index contributed by atoms with van der Waals surface area (Å²) >= 11 is 0.0391. The second-order valence-electron chi connectivity index (χ2n) is 4.66. The number of hydrogen-bond donors (Lipinski definition) is 0. The van der Waals surface area contributed by atoms with Gasteiger partial charge in [-0.25, -0.2) is 0 Å². The maximum absolute atomic E-state index is 4.37. The Hall–Kier alpha value is -0.351. The van der Waals surface area contributed by atoms with E-state index in [1.807, 2.05) is 29.7 Å². The molecule has 0 aliphatic heterocycles. The van der Waals surface area contributed by atoms with Gasteiger partial charge in [0.2, 0.25) is 0 Å². The molecule has 0 saturated heterocycles. The van der Waals surface area contributed by atoms with E-state index in [9.17, 15) is 0 Å². The van der Waals surface area contributed by atoms with Crippen molar-refractivity contribution in [2.75, 3.05) is 0 Å². The molecule has 0 radical (unpaired) electrons. The molecule has 2 heterocycles. The van der Waals surface area contributed by atoms with Crippen molar-refractivity contribution in [1.29, 1.82) is 0 Å². The summed E-state index contributed by atoms with van der Waals surface area (Å²) in [7, 11) is 0. The first-order valence-corrected chi connectivity index (χ1v) is 15.9. The molecule has 0 aliphatic rings. The molecular weight excluding hydrogens is 309 g/mol. The third kappa shape index (κ3) is 2.61. The fourth-order valence-electron chi connectivity index (χ4n) is 1.40. The van der Waals surface area contributed by atoms with Crippen LogP contribution in [-0.2, 0) is 0 Å². The molecule has 2 aromatic heterocycles. The van der Waals surface area contributed by atoms with Crippen LogP contribution in [0.4, 0.5) is 0 Å². The quantitative estimate of drug-likeness (QED) is 0.772. The van der Waals surface area contributed by atoms with E-state index in [1.54, 1.807) is 2.89 Å². The van der Waals surface area contributed by atoms with Crippen molar-refractivity contribution in [2.45, 2.75) is 14.8 Å². The number of nitrogens with zero attached hydrogens (tertiary/aromatic N) is 1. The fourth-order valence-corrected chi connectivity index (χ4v) is 7.60. The van der Waals surface area contributed by atoms with E-state index in [2.05, 4.69) is 37.3 Å². The molecule has 3 heteroatoms. The number of pyridine rings is 1. The first-order valence-electron chi connectivity index (χ1n) is 5.08. The molecule has 2 aromatic rings. The third-order valence-corrected chi connectivity index (χ3v) is 12.8. The molecule has 2 rings (SSSR count). The van der Waals surface area contributed by atoms with E-state index in [0.717, 1.165) is 5.69 Å².